The van der Waals surface area contributed by atoms with Gasteiger partial charge in [0.05, 0.1) is 4.92 Å². The number of nitrogens with zero attached hydrogens (tertiary/aromatic N) is 5. The van der Waals surface area contributed by atoms with Crippen LogP contribution in [0.2, 0.25) is 5.02 Å². The Morgan fingerprint density at radius 1 is 1.25 bits per heavy atom. The fraction of sp³-hybridized carbons (Fsp3) is 0.0588. The lowest BCUT2D eigenvalue weighted by Gasteiger charge is -2.07. The summed E-state index contributed by atoms with van der Waals surface area (Å²) >= 11 is 7.17. The maximum atomic E-state index is 12.5. The van der Waals surface area contributed by atoms with Gasteiger partial charge in [0.1, 0.15) is 10.0 Å². The molecular weight excluding hydrogens is 404 g/mol. The van der Waals surface area contributed by atoms with Gasteiger partial charge in [-0.1, -0.05) is 35.1 Å². The molecule has 9 nitrogen and oxygen atoms in total. The molecular formula is C17H11ClN6O3S. The van der Waals surface area contributed by atoms with Crippen molar-refractivity contribution >= 4 is 45.2 Å². The number of aromatic nitrogens is 4. The molecule has 0 aliphatic rings. The molecule has 1 N–H and O–H groups in total. The zero-order chi connectivity index (χ0) is 19.8. The van der Waals surface area contributed by atoms with Crippen LogP contribution in [0, 0.1) is 17.0 Å². The number of nitrogens with one attached hydrogen (secondary N) is 1. The minimum atomic E-state index is -0.630. The van der Waals surface area contributed by atoms with Crippen molar-refractivity contribution in [2.45, 2.75) is 6.92 Å². The average Bonchev–Trinajstić information content (AvgIpc) is 3.24. The van der Waals surface area contributed by atoms with Crippen LogP contribution in [0.25, 0.3) is 15.5 Å². The summed E-state index contributed by atoms with van der Waals surface area (Å²) in [7, 11) is 0. The smallest absolute Gasteiger partial charge is 0.288 e. The Morgan fingerprint density at radius 3 is 2.82 bits per heavy atom. The van der Waals surface area contributed by atoms with E-state index in [0.29, 0.717) is 16.5 Å². The maximum Gasteiger partial charge on any atom is 0.288 e. The summed E-state index contributed by atoms with van der Waals surface area (Å²) in [5.41, 5.74) is 1.15. The topological polar surface area (TPSA) is 115 Å². The Hall–Kier alpha value is -3.37. The molecule has 2 aromatic heterocycles. The normalized spacial score (nSPS) is 10.9. The number of nitro groups is 1. The number of hydrogen-bond donors (Lipinski definition) is 1. The maximum absolute atomic E-state index is 12.5. The van der Waals surface area contributed by atoms with E-state index in [0.717, 1.165) is 16.6 Å². The van der Waals surface area contributed by atoms with Crippen molar-refractivity contribution in [1.82, 2.24) is 19.8 Å². The van der Waals surface area contributed by atoms with Crippen molar-refractivity contribution in [3.05, 3.63) is 69.0 Å². The number of hydrogen-bond acceptors (Lipinski definition) is 7. The van der Waals surface area contributed by atoms with E-state index in [1.165, 1.54) is 23.5 Å². The molecule has 0 spiro atoms. The molecule has 0 saturated carbocycles. The van der Waals surface area contributed by atoms with Crippen LogP contribution in [0.5, 0.6) is 0 Å². The quantitative estimate of drug-likeness (QED) is 0.399. The van der Waals surface area contributed by atoms with Crippen molar-refractivity contribution in [2.75, 3.05) is 5.32 Å². The highest BCUT2D eigenvalue weighted by Crippen LogP contribution is 2.28. The number of carbonyl (C=O) groups excluding carboxylic acids is 1. The van der Waals surface area contributed by atoms with Crippen LogP contribution in [0.1, 0.15) is 16.2 Å². The van der Waals surface area contributed by atoms with E-state index in [1.807, 2.05) is 13.0 Å². The number of rotatable bonds is 4. The summed E-state index contributed by atoms with van der Waals surface area (Å²) in [5, 5.41) is 26.9. The first-order valence-corrected chi connectivity index (χ1v) is 9.16. The van der Waals surface area contributed by atoms with Crippen molar-refractivity contribution in [3.63, 3.8) is 0 Å². The van der Waals surface area contributed by atoms with E-state index < -0.39 is 10.8 Å². The first-order chi connectivity index (χ1) is 13.4. The van der Waals surface area contributed by atoms with Crippen molar-refractivity contribution in [3.8, 4) is 10.6 Å². The summed E-state index contributed by atoms with van der Waals surface area (Å²) in [6.45, 7) is 1.81. The molecule has 0 aliphatic carbocycles. The second-order valence-corrected chi connectivity index (χ2v) is 7.17. The lowest BCUT2D eigenvalue weighted by Crippen LogP contribution is -2.12. The van der Waals surface area contributed by atoms with Gasteiger partial charge in [-0.2, -0.15) is 9.61 Å². The van der Waals surface area contributed by atoms with Crippen LogP contribution in [0.3, 0.4) is 0 Å². The number of aryl methyl sites for hydroxylation is 1. The molecule has 0 fully saturated rings. The largest absolute Gasteiger partial charge is 0.322 e. The van der Waals surface area contributed by atoms with E-state index in [2.05, 4.69) is 20.6 Å². The van der Waals surface area contributed by atoms with Gasteiger partial charge in [0.25, 0.3) is 11.6 Å². The summed E-state index contributed by atoms with van der Waals surface area (Å²) in [6, 6.07) is 11.0. The fourth-order valence-electron chi connectivity index (χ4n) is 2.56. The summed E-state index contributed by atoms with van der Waals surface area (Å²) in [4.78, 5) is 23.5. The van der Waals surface area contributed by atoms with E-state index in [4.69, 9.17) is 11.6 Å². The number of amides is 1. The van der Waals surface area contributed by atoms with Gasteiger partial charge in [-0.25, -0.2) is 0 Å². The van der Waals surface area contributed by atoms with Crippen molar-refractivity contribution in [2.24, 2.45) is 0 Å². The zero-order valence-electron chi connectivity index (χ0n) is 14.3. The summed E-state index contributed by atoms with van der Waals surface area (Å²) in [5.74, 6) is 0.206. The molecule has 0 saturated heterocycles. The standard InChI is InChI=1S/C17H11ClN6O3S/c1-9-20-21-17-23(9)22-16(28-17)11-3-2-4-12(7-11)19-15(25)10-5-6-13(18)14(8-10)24(26)27/h2-8H,1H3,(H,19,25). The van der Waals surface area contributed by atoms with E-state index >= 15 is 0 Å². The van der Waals surface area contributed by atoms with Gasteiger partial charge in [0.2, 0.25) is 4.96 Å². The summed E-state index contributed by atoms with van der Waals surface area (Å²) in [6.07, 6.45) is 0. The van der Waals surface area contributed by atoms with Crippen LogP contribution >= 0.6 is 22.9 Å². The molecule has 2 heterocycles. The third-order valence-corrected chi connectivity index (χ3v) is 5.19. The minimum Gasteiger partial charge on any atom is -0.322 e. The predicted octanol–water partition coefficient (Wildman–Crippen LogP) is 3.98. The molecule has 0 radical (unpaired) electrons. The van der Waals surface area contributed by atoms with E-state index in [-0.39, 0.29) is 16.3 Å². The molecule has 0 unspecified atom stereocenters. The van der Waals surface area contributed by atoms with Crippen LogP contribution < -0.4 is 5.32 Å². The Morgan fingerprint density at radius 2 is 2.07 bits per heavy atom. The number of anilines is 1. The molecule has 0 bridgehead atoms. The number of nitro benzene ring substituents is 1. The molecule has 28 heavy (non-hydrogen) atoms. The zero-order valence-corrected chi connectivity index (χ0v) is 15.9. The molecule has 0 atom stereocenters. The number of halogens is 1. The van der Waals surface area contributed by atoms with Crippen molar-refractivity contribution in [1.29, 1.82) is 0 Å². The molecule has 11 heteroatoms. The highest BCUT2D eigenvalue weighted by Gasteiger charge is 2.17. The third-order valence-electron chi connectivity index (χ3n) is 3.92. The van der Waals surface area contributed by atoms with Gasteiger partial charge >= 0.3 is 0 Å². The highest BCUT2D eigenvalue weighted by molar-refractivity contribution is 7.19. The van der Waals surface area contributed by atoms with Crippen LogP contribution in [-0.4, -0.2) is 30.6 Å². The van der Waals surface area contributed by atoms with Gasteiger partial charge in [-0.3, -0.25) is 14.9 Å². The van der Waals surface area contributed by atoms with Gasteiger partial charge in [-0.05, 0) is 31.2 Å². The monoisotopic (exact) mass is 414 g/mol. The SMILES string of the molecule is Cc1nnc2sc(-c3cccc(NC(=O)c4ccc(Cl)c([N+](=O)[O-])c4)c3)nn12. The number of carbonyl (C=O) groups is 1. The highest BCUT2D eigenvalue weighted by atomic mass is 35.5. The number of benzene rings is 2. The Kier molecular flexibility index (Phi) is 4.49. The Bertz CT molecular complexity index is 1230. The molecule has 140 valence electrons. The Labute approximate surface area is 166 Å². The van der Waals surface area contributed by atoms with Crippen LogP contribution in [0.4, 0.5) is 11.4 Å². The predicted molar refractivity (Wildman–Crippen MR) is 105 cm³/mol. The summed E-state index contributed by atoms with van der Waals surface area (Å²) < 4.78 is 1.65. The molecule has 0 aliphatic heterocycles. The van der Waals surface area contributed by atoms with Crippen molar-refractivity contribution < 1.29 is 9.72 Å². The Balaban J connectivity index is 1.60. The van der Waals surface area contributed by atoms with E-state index in [9.17, 15) is 14.9 Å². The van der Waals surface area contributed by atoms with Gasteiger partial charge < -0.3 is 5.32 Å². The molecule has 4 rings (SSSR count). The first kappa shape index (κ1) is 18.0. The van der Waals surface area contributed by atoms with E-state index in [1.54, 1.807) is 22.7 Å². The van der Waals surface area contributed by atoms with Crippen LogP contribution in [0.15, 0.2) is 42.5 Å². The lowest BCUT2D eigenvalue weighted by molar-refractivity contribution is -0.384. The van der Waals surface area contributed by atoms with Crippen LogP contribution in [-0.2, 0) is 0 Å². The fourth-order valence-corrected chi connectivity index (χ4v) is 3.63. The molecule has 4 aromatic rings. The first-order valence-electron chi connectivity index (χ1n) is 7.97. The average molecular weight is 415 g/mol. The molecule has 2 aromatic carbocycles. The second kappa shape index (κ2) is 6.98. The van der Waals surface area contributed by atoms with Gasteiger partial charge in [0.15, 0.2) is 5.82 Å². The van der Waals surface area contributed by atoms with Gasteiger partial charge in [0, 0.05) is 22.9 Å². The van der Waals surface area contributed by atoms with Gasteiger partial charge in [-0.15, -0.1) is 10.2 Å². The minimum absolute atomic E-state index is 0.0258. The molecule has 1 amide bonds. The third kappa shape index (κ3) is 3.30. The second-order valence-electron chi connectivity index (χ2n) is 5.81. The number of fused-ring (bicyclic) bond motifs is 1. The lowest BCUT2D eigenvalue weighted by atomic mass is 10.1.